The predicted octanol–water partition coefficient (Wildman–Crippen LogP) is 4.61. The molecule has 0 N–H and O–H groups in total. The Hall–Kier alpha value is -3.48. The van der Waals surface area contributed by atoms with E-state index in [4.69, 9.17) is 9.97 Å². The van der Waals surface area contributed by atoms with Crippen LogP contribution in [0.3, 0.4) is 0 Å². The number of rotatable bonds is 1. The minimum absolute atomic E-state index is 0.120. The van der Waals surface area contributed by atoms with Crippen molar-refractivity contribution in [1.82, 2.24) is 19.8 Å². The monoisotopic (exact) mass is 478 g/mol. The Kier molecular flexibility index (Phi) is 4.54. The van der Waals surface area contributed by atoms with Crippen LogP contribution in [-0.4, -0.2) is 59.3 Å². The van der Waals surface area contributed by atoms with Crippen LogP contribution in [0.5, 0.6) is 0 Å². The molecule has 2 spiro atoms. The Bertz CT molecular complexity index is 1540. The number of fused-ring (bicyclic) bond motifs is 7. The van der Waals surface area contributed by atoms with E-state index in [9.17, 15) is 9.18 Å². The number of hydrogen-bond donors (Lipinski definition) is 0. The van der Waals surface area contributed by atoms with Crippen LogP contribution in [0.25, 0.3) is 22.3 Å². The molecule has 7 rings (SSSR count). The van der Waals surface area contributed by atoms with Crippen molar-refractivity contribution in [2.24, 2.45) is 5.41 Å². The highest BCUT2D eigenvalue weighted by atomic mass is 19.1. The number of likely N-dealkylation sites (tertiary alicyclic amines) is 2. The number of ketones is 1. The molecular weight excluding hydrogens is 451 g/mol. The molecule has 0 radical (unpaired) electrons. The molecule has 1 aromatic heterocycles. The van der Waals surface area contributed by atoms with Gasteiger partial charge in [0.05, 0.1) is 27.8 Å². The summed E-state index contributed by atoms with van der Waals surface area (Å²) in [6.07, 6.45) is 0.474. The van der Waals surface area contributed by atoms with Gasteiger partial charge in [0.2, 0.25) is 0 Å². The lowest BCUT2D eigenvalue weighted by atomic mass is 9.56. The number of hydrogen-bond acceptors (Lipinski definition) is 5. The third-order valence-corrected chi connectivity index (χ3v) is 8.76. The number of aromatic nitrogens is 2. The lowest BCUT2D eigenvalue weighted by molar-refractivity contribution is -0.140. The van der Waals surface area contributed by atoms with Crippen LogP contribution in [0.15, 0.2) is 72.8 Å². The van der Waals surface area contributed by atoms with Gasteiger partial charge in [-0.05, 0) is 49.5 Å². The zero-order valence-electron chi connectivity index (χ0n) is 20.4. The number of carbonyl (C=O) groups excluding carboxylic acids is 1. The molecule has 0 amide bonds. The molecule has 0 unspecified atom stereocenters. The van der Waals surface area contributed by atoms with Gasteiger partial charge < -0.3 is 4.90 Å². The molecule has 180 valence electrons. The highest BCUT2D eigenvalue weighted by Gasteiger charge is 2.72. The molecule has 2 fully saturated rings. The van der Waals surface area contributed by atoms with Crippen molar-refractivity contribution in [3.8, 4) is 11.3 Å². The fourth-order valence-corrected chi connectivity index (χ4v) is 7.38. The maximum atomic E-state index is 14.4. The van der Waals surface area contributed by atoms with Gasteiger partial charge in [0, 0.05) is 37.5 Å². The molecule has 2 saturated heterocycles. The van der Waals surface area contributed by atoms with Crippen molar-refractivity contribution >= 4 is 16.8 Å². The van der Waals surface area contributed by atoms with Gasteiger partial charge in [0.1, 0.15) is 17.1 Å². The molecule has 3 aromatic carbocycles. The third-order valence-electron chi connectivity index (χ3n) is 8.76. The third kappa shape index (κ3) is 2.58. The number of nitrogens with zero attached hydrogens (tertiary/aromatic N) is 4. The number of piperidine rings is 1. The van der Waals surface area contributed by atoms with E-state index in [1.54, 1.807) is 0 Å². The zero-order chi connectivity index (χ0) is 24.7. The standard InChI is InChI=1S/C30H27FN4O/c1-34-16-15-26(36)29(18-34)23(19-11-13-20(31)14-12-19)17-35(2)30(29)22-8-4-3-7-21(22)27-28(30)33-25-10-6-5-9-24(25)32-27/h3-14,23H,15-18H2,1-2H3/t23-,29+,30+/m1/s1. The van der Waals surface area contributed by atoms with Crippen LogP contribution < -0.4 is 0 Å². The summed E-state index contributed by atoms with van der Waals surface area (Å²) >= 11 is 0. The number of halogens is 1. The summed E-state index contributed by atoms with van der Waals surface area (Å²) in [5, 5.41) is 0. The molecule has 0 bridgehead atoms. The van der Waals surface area contributed by atoms with E-state index in [2.05, 4.69) is 42.1 Å². The van der Waals surface area contributed by atoms with E-state index in [0.717, 1.165) is 45.7 Å². The van der Waals surface area contributed by atoms with Gasteiger partial charge in [-0.3, -0.25) is 9.69 Å². The van der Waals surface area contributed by atoms with Crippen LogP contribution in [0.2, 0.25) is 0 Å². The molecule has 3 aliphatic rings. The maximum absolute atomic E-state index is 14.4. The normalized spacial score (nSPS) is 27.8. The minimum atomic E-state index is -0.801. The molecule has 5 nitrogen and oxygen atoms in total. The van der Waals surface area contributed by atoms with Gasteiger partial charge in [-0.25, -0.2) is 14.4 Å². The van der Waals surface area contributed by atoms with Crippen LogP contribution in [0.1, 0.15) is 29.2 Å². The average molecular weight is 479 g/mol. The van der Waals surface area contributed by atoms with Crippen LogP contribution in [0, 0.1) is 11.2 Å². The quantitative estimate of drug-likeness (QED) is 0.400. The molecule has 0 saturated carbocycles. The second-order valence-electron chi connectivity index (χ2n) is 10.5. The first-order valence-electron chi connectivity index (χ1n) is 12.5. The molecular formula is C30H27FN4O. The largest absolute Gasteiger partial charge is 0.305 e. The fraction of sp³-hybridized carbons (Fsp3) is 0.300. The Balaban J connectivity index is 1.60. The van der Waals surface area contributed by atoms with Gasteiger partial charge >= 0.3 is 0 Å². The second-order valence-corrected chi connectivity index (χ2v) is 10.5. The van der Waals surface area contributed by atoms with Crippen molar-refractivity contribution in [2.45, 2.75) is 17.9 Å². The maximum Gasteiger partial charge on any atom is 0.144 e. The summed E-state index contributed by atoms with van der Waals surface area (Å²) in [5.41, 5.74) is 4.93. The lowest BCUT2D eigenvalue weighted by Crippen LogP contribution is -2.62. The second kappa shape index (κ2) is 7.51. The van der Waals surface area contributed by atoms with E-state index in [1.165, 1.54) is 12.1 Å². The van der Waals surface area contributed by atoms with Crippen LogP contribution in [0.4, 0.5) is 4.39 Å². The average Bonchev–Trinajstić information content (AvgIpc) is 3.32. The van der Waals surface area contributed by atoms with Crippen molar-refractivity contribution in [3.63, 3.8) is 0 Å². The summed E-state index contributed by atoms with van der Waals surface area (Å²) in [4.78, 5) is 29.4. The number of Topliss-reactive ketones (excluding diaryl/α,β-unsaturated/α-hetero) is 1. The summed E-state index contributed by atoms with van der Waals surface area (Å²) in [7, 11) is 4.20. The number of carbonyl (C=O) groups is 1. The lowest BCUT2D eigenvalue weighted by Gasteiger charge is -2.51. The van der Waals surface area contributed by atoms with E-state index in [-0.39, 0.29) is 17.5 Å². The van der Waals surface area contributed by atoms with Crippen LogP contribution in [-0.2, 0) is 10.3 Å². The van der Waals surface area contributed by atoms with E-state index in [1.807, 2.05) is 42.5 Å². The van der Waals surface area contributed by atoms with Crippen molar-refractivity contribution in [3.05, 3.63) is 95.4 Å². The van der Waals surface area contributed by atoms with Crippen molar-refractivity contribution < 1.29 is 9.18 Å². The van der Waals surface area contributed by atoms with Crippen LogP contribution >= 0.6 is 0 Å². The Morgan fingerprint density at radius 2 is 1.61 bits per heavy atom. The first-order chi connectivity index (χ1) is 17.5. The predicted molar refractivity (Wildman–Crippen MR) is 137 cm³/mol. The Morgan fingerprint density at radius 1 is 0.917 bits per heavy atom. The van der Waals surface area contributed by atoms with Crippen molar-refractivity contribution in [1.29, 1.82) is 0 Å². The van der Waals surface area contributed by atoms with E-state index < -0.39 is 11.0 Å². The summed E-state index contributed by atoms with van der Waals surface area (Å²) in [6.45, 7) is 1.99. The van der Waals surface area contributed by atoms with Gasteiger partial charge in [0.15, 0.2) is 0 Å². The van der Waals surface area contributed by atoms with Gasteiger partial charge in [0.25, 0.3) is 0 Å². The highest BCUT2D eigenvalue weighted by Crippen LogP contribution is 2.67. The Labute approximate surface area is 209 Å². The topological polar surface area (TPSA) is 49.3 Å². The number of benzene rings is 3. The van der Waals surface area contributed by atoms with E-state index >= 15 is 0 Å². The van der Waals surface area contributed by atoms with Gasteiger partial charge in [-0.2, -0.15) is 0 Å². The molecule has 6 heteroatoms. The highest BCUT2D eigenvalue weighted by molar-refractivity contribution is 5.94. The molecule has 4 aromatic rings. The van der Waals surface area contributed by atoms with Gasteiger partial charge in [-0.15, -0.1) is 0 Å². The van der Waals surface area contributed by atoms with E-state index in [0.29, 0.717) is 19.5 Å². The minimum Gasteiger partial charge on any atom is -0.305 e. The van der Waals surface area contributed by atoms with Gasteiger partial charge in [-0.1, -0.05) is 48.5 Å². The number of likely N-dealkylation sites (N-methyl/N-ethyl adjacent to an activating group) is 1. The summed E-state index contributed by atoms with van der Waals surface area (Å²) < 4.78 is 14.0. The summed E-state index contributed by atoms with van der Waals surface area (Å²) in [5.74, 6) is -0.141. The zero-order valence-corrected chi connectivity index (χ0v) is 20.4. The molecule has 2 aliphatic heterocycles. The fourth-order valence-electron chi connectivity index (χ4n) is 7.38. The molecule has 3 atom stereocenters. The first kappa shape index (κ1) is 21.8. The first-order valence-corrected chi connectivity index (χ1v) is 12.5. The smallest absolute Gasteiger partial charge is 0.144 e. The number of para-hydroxylation sites is 2. The summed E-state index contributed by atoms with van der Waals surface area (Å²) in [6, 6.07) is 23.0. The molecule has 3 heterocycles. The Morgan fingerprint density at radius 3 is 2.39 bits per heavy atom. The molecule has 36 heavy (non-hydrogen) atoms. The van der Waals surface area contributed by atoms with Crippen molar-refractivity contribution in [2.75, 3.05) is 33.7 Å². The molecule has 1 aliphatic carbocycles. The SMILES string of the molecule is CN1CCC(=O)[C@]2(C1)[C@@H](c1ccc(F)cc1)CN(C)[C@]21c2ccccc2-c2nc3ccccc3nc21.